The number of benzene rings is 2. The normalized spacial score (nSPS) is 16.2. The summed E-state index contributed by atoms with van der Waals surface area (Å²) in [5.74, 6) is 0. The van der Waals surface area contributed by atoms with Crippen molar-refractivity contribution in [3.8, 4) is 0 Å². The van der Waals surface area contributed by atoms with Crippen LogP contribution in [0.3, 0.4) is 0 Å². The first-order valence-electron chi connectivity index (χ1n) is 13.1. The highest BCUT2D eigenvalue weighted by Crippen LogP contribution is 2.47. The Kier molecular flexibility index (Phi) is 12.8. The van der Waals surface area contributed by atoms with Gasteiger partial charge in [-0.1, -0.05) is 66.7 Å². The zero-order valence-corrected chi connectivity index (χ0v) is 26.0. The van der Waals surface area contributed by atoms with Gasteiger partial charge >= 0.3 is 0 Å². The second kappa shape index (κ2) is 14.9. The van der Waals surface area contributed by atoms with Crippen LogP contribution in [0.1, 0.15) is 51.2 Å². The van der Waals surface area contributed by atoms with Crippen molar-refractivity contribution in [2.75, 3.05) is 21.3 Å². The Balaban J connectivity index is 0.000000264. The molecule has 40 heavy (non-hydrogen) atoms. The molecule has 2 aromatic heterocycles. The van der Waals surface area contributed by atoms with Crippen LogP contribution in [0, 0.1) is 0 Å². The molecule has 222 valence electrons. The summed E-state index contributed by atoms with van der Waals surface area (Å²) in [6.45, 7) is 5.92. The Hall–Kier alpha value is -1.84. The summed E-state index contributed by atoms with van der Waals surface area (Å²) in [7, 11) is 4.08. The maximum absolute atomic E-state index is 11.1. The zero-order valence-electron chi connectivity index (χ0n) is 23.8. The summed E-state index contributed by atoms with van der Waals surface area (Å²) in [5, 5.41) is 30.0. The van der Waals surface area contributed by atoms with Crippen LogP contribution in [0.5, 0.6) is 0 Å². The topological polar surface area (TPSA) is 90.8 Å². The number of halogens is 4. The predicted octanol–water partition coefficient (Wildman–Crippen LogP) is 7.60. The van der Waals surface area contributed by atoms with Gasteiger partial charge in [0, 0.05) is 22.9 Å². The molecule has 0 aliphatic rings. The third-order valence-electron chi connectivity index (χ3n) is 7.40. The lowest BCUT2D eigenvalue weighted by atomic mass is 9.82. The minimum absolute atomic E-state index is 0.00315. The van der Waals surface area contributed by atoms with Gasteiger partial charge in [0.1, 0.15) is 16.8 Å². The van der Waals surface area contributed by atoms with Crippen molar-refractivity contribution in [2.24, 2.45) is 0 Å². The van der Waals surface area contributed by atoms with Crippen molar-refractivity contribution in [1.82, 2.24) is 10.6 Å². The largest absolute Gasteiger partial charge is 0.464 e. The van der Waals surface area contributed by atoms with Crippen LogP contribution in [-0.2, 0) is 11.2 Å². The summed E-state index contributed by atoms with van der Waals surface area (Å²) in [5.41, 5.74) is 0.555. The molecule has 0 bridgehead atoms. The van der Waals surface area contributed by atoms with Gasteiger partial charge in [0.15, 0.2) is 5.60 Å². The number of likely N-dealkylation sites (N-methyl/N-ethyl adjacent to an activating group) is 2. The van der Waals surface area contributed by atoms with E-state index in [2.05, 4.69) is 17.6 Å². The minimum atomic E-state index is -1.87. The first-order valence-corrected chi connectivity index (χ1v) is 14.2. The molecule has 0 radical (unpaired) electrons. The molecular formula is C30H40Cl3FN2O4. The Labute approximate surface area is 250 Å². The SMILES string of the molecule is CCCCC(O)(c1ccc2occc2c1)C(C)NC.CF.CNC(C)C(O)(c1ccc2occc2c1)C(Cl)(Cl)Cl. The lowest BCUT2D eigenvalue weighted by Crippen LogP contribution is -2.53. The number of nitrogens with one attached hydrogen (secondary N) is 2. The molecule has 2 aromatic carbocycles. The average molecular weight is 618 g/mol. The highest BCUT2D eigenvalue weighted by Gasteiger charge is 2.52. The van der Waals surface area contributed by atoms with Gasteiger partial charge in [0.2, 0.25) is 3.79 Å². The van der Waals surface area contributed by atoms with Crippen LogP contribution in [-0.4, -0.2) is 47.4 Å². The number of fused-ring (bicyclic) bond motifs is 2. The van der Waals surface area contributed by atoms with E-state index in [9.17, 15) is 14.6 Å². The number of hydrogen-bond donors (Lipinski definition) is 4. The van der Waals surface area contributed by atoms with Crippen molar-refractivity contribution < 1.29 is 23.4 Å². The van der Waals surface area contributed by atoms with Crippen LogP contribution in [0.2, 0.25) is 0 Å². The fourth-order valence-corrected chi connectivity index (χ4v) is 5.42. The Morgan fingerprint density at radius 2 is 1.27 bits per heavy atom. The van der Waals surface area contributed by atoms with Gasteiger partial charge in [0.05, 0.1) is 19.7 Å². The van der Waals surface area contributed by atoms with Crippen molar-refractivity contribution in [3.63, 3.8) is 0 Å². The van der Waals surface area contributed by atoms with Crippen LogP contribution in [0.15, 0.2) is 69.9 Å². The lowest BCUT2D eigenvalue weighted by Gasteiger charge is -2.39. The van der Waals surface area contributed by atoms with E-state index in [4.69, 9.17) is 43.6 Å². The van der Waals surface area contributed by atoms with Gasteiger partial charge in [-0.2, -0.15) is 0 Å². The summed E-state index contributed by atoms with van der Waals surface area (Å²) < 4.78 is 18.2. The van der Waals surface area contributed by atoms with Crippen molar-refractivity contribution in [2.45, 2.75) is 67.1 Å². The maximum atomic E-state index is 11.1. The number of alkyl halides is 4. The number of rotatable bonds is 9. The van der Waals surface area contributed by atoms with E-state index in [1.165, 1.54) is 0 Å². The van der Waals surface area contributed by atoms with Crippen LogP contribution in [0.4, 0.5) is 4.39 Å². The number of unbranched alkanes of at least 4 members (excludes halogenated alkanes) is 1. The molecule has 0 fully saturated rings. The van der Waals surface area contributed by atoms with Gasteiger partial charge in [0.25, 0.3) is 0 Å². The maximum Gasteiger partial charge on any atom is 0.224 e. The first-order chi connectivity index (χ1) is 18.9. The number of furan rings is 2. The summed E-state index contributed by atoms with van der Waals surface area (Å²) in [4.78, 5) is 0. The second-order valence-corrected chi connectivity index (χ2v) is 11.9. The molecule has 4 aromatic rings. The molecule has 6 nitrogen and oxygen atoms in total. The molecule has 2 heterocycles. The van der Waals surface area contributed by atoms with Crippen LogP contribution >= 0.6 is 34.8 Å². The van der Waals surface area contributed by atoms with Crippen molar-refractivity contribution in [1.29, 1.82) is 0 Å². The number of hydrogen-bond acceptors (Lipinski definition) is 6. The van der Waals surface area contributed by atoms with E-state index in [-0.39, 0.29) is 6.04 Å². The highest BCUT2D eigenvalue weighted by molar-refractivity contribution is 6.68. The summed E-state index contributed by atoms with van der Waals surface area (Å²) >= 11 is 18.0. The average Bonchev–Trinajstić information content (AvgIpc) is 3.64. The molecule has 10 heteroatoms. The molecule has 4 atom stereocenters. The molecule has 4 rings (SSSR count). The molecule has 0 aliphatic heterocycles. The molecule has 0 aliphatic carbocycles. The minimum Gasteiger partial charge on any atom is -0.464 e. The Morgan fingerprint density at radius 1 is 0.800 bits per heavy atom. The quantitative estimate of drug-likeness (QED) is 0.145. The third-order valence-corrected chi connectivity index (χ3v) is 8.26. The van der Waals surface area contributed by atoms with Gasteiger partial charge in [-0.25, -0.2) is 0 Å². The van der Waals surface area contributed by atoms with E-state index < -0.39 is 21.0 Å². The van der Waals surface area contributed by atoms with Crippen LogP contribution in [0.25, 0.3) is 21.9 Å². The highest BCUT2D eigenvalue weighted by atomic mass is 35.6. The first kappa shape index (κ1) is 34.4. The summed E-state index contributed by atoms with van der Waals surface area (Å²) in [6, 6.07) is 14.4. The lowest BCUT2D eigenvalue weighted by molar-refractivity contribution is -0.00534. The number of aliphatic hydroxyl groups is 2. The van der Waals surface area contributed by atoms with E-state index in [1.807, 2.05) is 38.2 Å². The van der Waals surface area contributed by atoms with E-state index in [0.29, 0.717) is 18.3 Å². The molecule has 0 saturated heterocycles. The molecule has 4 unspecified atom stereocenters. The molecular weight excluding hydrogens is 578 g/mol. The Morgan fingerprint density at radius 3 is 1.73 bits per heavy atom. The fourth-order valence-electron chi connectivity index (χ4n) is 4.60. The van der Waals surface area contributed by atoms with Crippen molar-refractivity contribution in [3.05, 3.63) is 72.2 Å². The standard InChI is InChI=1S/C16H23NO2.C13H14Cl3NO2.CH3F/c1-4-5-9-16(18,12(2)17-3)14-6-7-15-13(11-14)8-10-19-15;1-8(17-2)12(18,13(14,15)16)10-3-4-11-9(7-10)5-6-19-11;1-2/h6-8,10-12,17-18H,4-5,9H2,1-3H3;3-8,17-18H,1-2H3;1H3. The van der Waals surface area contributed by atoms with Gasteiger partial charge in [-0.3, -0.25) is 4.39 Å². The fraction of sp³-hybridized carbons (Fsp3) is 0.467. The van der Waals surface area contributed by atoms with Crippen molar-refractivity contribution >= 4 is 56.7 Å². The van der Waals surface area contributed by atoms with E-state index in [0.717, 1.165) is 41.2 Å². The van der Waals surface area contributed by atoms with E-state index in [1.54, 1.807) is 50.8 Å². The Bertz CT molecular complexity index is 1330. The second-order valence-electron chi connectivity index (χ2n) is 9.66. The molecule has 4 N–H and O–H groups in total. The van der Waals surface area contributed by atoms with Gasteiger partial charge < -0.3 is 29.7 Å². The zero-order chi connectivity index (χ0) is 30.1. The van der Waals surface area contributed by atoms with Crippen LogP contribution < -0.4 is 10.6 Å². The van der Waals surface area contributed by atoms with E-state index >= 15 is 0 Å². The van der Waals surface area contributed by atoms with Gasteiger partial charge in [-0.05, 0) is 81.9 Å². The molecule has 0 amide bonds. The smallest absolute Gasteiger partial charge is 0.224 e. The predicted molar refractivity (Wildman–Crippen MR) is 164 cm³/mol. The monoisotopic (exact) mass is 616 g/mol. The van der Waals surface area contributed by atoms with Gasteiger partial charge in [-0.15, -0.1) is 0 Å². The third kappa shape index (κ3) is 7.32. The molecule has 0 saturated carbocycles. The molecule has 0 spiro atoms. The summed E-state index contributed by atoms with van der Waals surface area (Å²) in [6.07, 6.45) is 6.10.